The van der Waals surface area contributed by atoms with E-state index in [-0.39, 0.29) is 5.69 Å². The second-order valence-corrected chi connectivity index (χ2v) is 4.77. The molecule has 6 nitrogen and oxygen atoms in total. The third kappa shape index (κ3) is 3.48. The normalized spacial score (nSPS) is 10.8. The Labute approximate surface area is 128 Å². The number of alkyl halides is 2. The fourth-order valence-electron chi connectivity index (χ4n) is 1.77. The Morgan fingerprint density at radius 1 is 1.10 bits per heavy atom. The first-order valence-corrected chi connectivity index (χ1v) is 7.04. The van der Waals surface area contributed by atoms with Crippen LogP contribution in [0.25, 0.3) is 5.69 Å². The Hall–Kier alpha value is -1.73. The van der Waals surface area contributed by atoms with Crippen LogP contribution >= 0.6 is 23.2 Å². The number of rotatable bonds is 6. The highest BCUT2D eigenvalue weighted by Crippen LogP contribution is 2.22. The minimum Gasteiger partial charge on any atom is -0.367 e. The molecule has 0 aliphatic rings. The fraction of sp³-hybridized carbons (Fsp3) is 0.333. The number of hydrogen-bond acceptors (Lipinski definition) is 5. The molecule has 0 amide bonds. The monoisotopic (exact) mass is 336 g/mol. The molecule has 0 saturated carbocycles. The van der Waals surface area contributed by atoms with Gasteiger partial charge in [0.2, 0.25) is 0 Å². The smallest absolute Gasteiger partial charge is 0.367 e. The predicted octanol–water partition coefficient (Wildman–Crippen LogP) is 1.81. The standard InChI is InChI=1S/C12H11Cl2FN2O4/c13-3-5-16(6-4-14)10-2-1-8(7-9(10)15)17-20-11(18)12(19)21-17/h1-2,7H,3-6H2. The van der Waals surface area contributed by atoms with E-state index >= 15 is 0 Å². The van der Waals surface area contributed by atoms with Crippen LogP contribution in [-0.4, -0.2) is 29.8 Å². The molecule has 9 heteroatoms. The van der Waals surface area contributed by atoms with Crippen LogP contribution in [0.1, 0.15) is 0 Å². The Morgan fingerprint density at radius 2 is 1.67 bits per heavy atom. The lowest BCUT2D eigenvalue weighted by Gasteiger charge is -2.23. The van der Waals surface area contributed by atoms with Crippen LogP contribution in [0.3, 0.4) is 0 Å². The topological polar surface area (TPSA) is 68.6 Å². The van der Waals surface area contributed by atoms with Crippen molar-refractivity contribution < 1.29 is 13.4 Å². The number of anilines is 1. The van der Waals surface area contributed by atoms with Crippen molar-refractivity contribution in [2.75, 3.05) is 29.7 Å². The maximum atomic E-state index is 14.2. The van der Waals surface area contributed by atoms with Crippen LogP contribution in [0, 0.1) is 5.82 Å². The van der Waals surface area contributed by atoms with Gasteiger partial charge in [-0.1, -0.05) is 0 Å². The molecule has 0 radical (unpaired) electrons. The van der Waals surface area contributed by atoms with Gasteiger partial charge in [0.25, 0.3) is 0 Å². The summed E-state index contributed by atoms with van der Waals surface area (Å²) in [7, 11) is 0. The van der Waals surface area contributed by atoms with Gasteiger partial charge in [0.15, 0.2) is 0 Å². The third-order valence-corrected chi connectivity index (χ3v) is 3.03. The van der Waals surface area contributed by atoms with Crippen LogP contribution in [0.2, 0.25) is 0 Å². The first kappa shape index (κ1) is 15.7. The molecule has 21 heavy (non-hydrogen) atoms. The predicted molar refractivity (Wildman–Crippen MR) is 76.5 cm³/mol. The molecule has 114 valence electrons. The zero-order valence-electron chi connectivity index (χ0n) is 10.7. The number of nitrogens with zero attached hydrogens (tertiary/aromatic N) is 2. The summed E-state index contributed by atoms with van der Waals surface area (Å²) in [5, 5.41) is 0. The van der Waals surface area contributed by atoms with E-state index < -0.39 is 17.1 Å². The number of aromatic nitrogens is 1. The summed E-state index contributed by atoms with van der Waals surface area (Å²) >= 11 is 11.3. The van der Waals surface area contributed by atoms with Gasteiger partial charge in [0, 0.05) is 30.9 Å². The first-order chi connectivity index (χ1) is 10.1. The second-order valence-electron chi connectivity index (χ2n) is 4.02. The van der Waals surface area contributed by atoms with Gasteiger partial charge in [-0.05, 0) is 17.0 Å². The van der Waals surface area contributed by atoms with E-state index in [1.807, 2.05) is 0 Å². The summed E-state index contributed by atoms with van der Waals surface area (Å²) in [5.41, 5.74) is -1.94. The van der Waals surface area contributed by atoms with Crippen molar-refractivity contribution in [2.45, 2.75) is 0 Å². The highest BCUT2D eigenvalue weighted by Gasteiger charge is 2.14. The van der Waals surface area contributed by atoms with E-state index in [0.29, 0.717) is 35.4 Å². The lowest BCUT2D eigenvalue weighted by atomic mass is 10.2. The van der Waals surface area contributed by atoms with E-state index in [1.165, 1.54) is 12.1 Å². The van der Waals surface area contributed by atoms with Crippen molar-refractivity contribution in [3.05, 3.63) is 44.9 Å². The summed E-state index contributed by atoms with van der Waals surface area (Å²) in [6.45, 7) is 0.858. The van der Waals surface area contributed by atoms with Crippen LogP contribution in [0.4, 0.5) is 10.1 Å². The zero-order valence-corrected chi connectivity index (χ0v) is 12.2. The lowest BCUT2D eigenvalue weighted by Crippen LogP contribution is -2.28. The molecule has 0 saturated heterocycles. The fourth-order valence-corrected chi connectivity index (χ4v) is 2.18. The Kier molecular flexibility index (Phi) is 5.08. The number of benzene rings is 1. The van der Waals surface area contributed by atoms with Crippen LogP contribution in [-0.2, 0) is 0 Å². The molecule has 2 rings (SSSR count). The second kappa shape index (κ2) is 6.82. The molecule has 0 fully saturated rings. The Balaban J connectivity index is 2.36. The SMILES string of the molecule is O=c1on(-c2ccc(N(CCCl)CCCl)c(F)c2)oc1=O. The van der Waals surface area contributed by atoms with Gasteiger partial charge in [-0.3, -0.25) is 9.05 Å². The molecule has 1 aromatic carbocycles. The summed E-state index contributed by atoms with van der Waals surface area (Å²) in [4.78, 5) is 24.1. The van der Waals surface area contributed by atoms with Gasteiger partial charge in [0.05, 0.1) is 5.69 Å². The minimum atomic E-state index is -1.16. The van der Waals surface area contributed by atoms with Crippen molar-refractivity contribution in [1.29, 1.82) is 0 Å². The Morgan fingerprint density at radius 3 is 2.14 bits per heavy atom. The molecule has 0 aliphatic carbocycles. The largest absolute Gasteiger partial charge is 0.446 e. The molecule has 0 spiro atoms. The maximum absolute atomic E-state index is 14.2. The molecule has 0 atom stereocenters. The number of halogens is 3. The highest BCUT2D eigenvalue weighted by atomic mass is 35.5. The van der Waals surface area contributed by atoms with Crippen molar-refractivity contribution in [3.63, 3.8) is 0 Å². The molecule has 0 bridgehead atoms. The van der Waals surface area contributed by atoms with Gasteiger partial charge in [-0.2, -0.15) is 0 Å². The van der Waals surface area contributed by atoms with E-state index in [2.05, 4.69) is 9.05 Å². The minimum absolute atomic E-state index is 0.0761. The first-order valence-electron chi connectivity index (χ1n) is 5.97. The average molecular weight is 337 g/mol. The summed E-state index contributed by atoms with van der Waals surface area (Å²) in [5.74, 6) is 0.0560. The molecule has 1 heterocycles. The van der Waals surface area contributed by atoms with E-state index in [4.69, 9.17) is 23.2 Å². The average Bonchev–Trinajstić information content (AvgIpc) is 2.78. The zero-order chi connectivity index (χ0) is 15.4. The molecular weight excluding hydrogens is 326 g/mol. The molecule has 1 aromatic heterocycles. The van der Waals surface area contributed by atoms with E-state index in [0.717, 1.165) is 6.07 Å². The number of hydrogen-bond donors (Lipinski definition) is 0. The molecular formula is C12H11Cl2FN2O4. The van der Waals surface area contributed by atoms with Crippen molar-refractivity contribution in [2.24, 2.45) is 0 Å². The molecule has 0 unspecified atom stereocenters. The summed E-state index contributed by atoms with van der Waals surface area (Å²) < 4.78 is 23.2. The van der Waals surface area contributed by atoms with Gasteiger partial charge < -0.3 is 4.90 Å². The highest BCUT2D eigenvalue weighted by molar-refractivity contribution is 6.18. The van der Waals surface area contributed by atoms with Crippen LogP contribution in [0.15, 0.2) is 36.8 Å². The Bertz CT molecular complexity index is 691. The molecule has 2 aromatic rings. The summed E-state index contributed by atoms with van der Waals surface area (Å²) in [6, 6.07) is 3.99. The van der Waals surface area contributed by atoms with Crippen LogP contribution < -0.4 is 16.2 Å². The van der Waals surface area contributed by atoms with Crippen molar-refractivity contribution >= 4 is 28.9 Å². The van der Waals surface area contributed by atoms with Crippen molar-refractivity contribution in [3.8, 4) is 5.69 Å². The quantitative estimate of drug-likeness (QED) is 0.594. The van der Waals surface area contributed by atoms with Gasteiger partial charge in [-0.15, -0.1) is 23.2 Å². The van der Waals surface area contributed by atoms with E-state index in [9.17, 15) is 14.0 Å². The van der Waals surface area contributed by atoms with Gasteiger partial charge in [0.1, 0.15) is 11.5 Å². The third-order valence-electron chi connectivity index (χ3n) is 2.69. The van der Waals surface area contributed by atoms with Crippen molar-refractivity contribution in [1.82, 2.24) is 4.91 Å². The molecule has 0 aliphatic heterocycles. The lowest BCUT2D eigenvalue weighted by molar-refractivity contribution is 0.140. The van der Waals surface area contributed by atoms with Crippen LogP contribution in [0.5, 0.6) is 0 Å². The van der Waals surface area contributed by atoms with Gasteiger partial charge in [-0.25, -0.2) is 14.0 Å². The summed E-state index contributed by atoms with van der Waals surface area (Å²) in [6.07, 6.45) is 0. The molecule has 0 N–H and O–H groups in total. The van der Waals surface area contributed by atoms with E-state index in [1.54, 1.807) is 4.90 Å². The maximum Gasteiger partial charge on any atom is 0.446 e. The van der Waals surface area contributed by atoms with Gasteiger partial charge >= 0.3 is 11.3 Å².